The van der Waals surface area contributed by atoms with E-state index in [1.165, 1.54) is 17.8 Å². The molecule has 4 nitrogen and oxygen atoms in total. The molecule has 6 heteroatoms. The lowest BCUT2D eigenvalue weighted by molar-refractivity contribution is -0.116. The highest BCUT2D eigenvalue weighted by Crippen LogP contribution is 2.43. The van der Waals surface area contributed by atoms with Gasteiger partial charge in [0.2, 0.25) is 11.8 Å². The highest BCUT2D eigenvalue weighted by atomic mass is 32.2. The third-order valence-corrected chi connectivity index (χ3v) is 6.32. The van der Waals surface area contributed by atoms with Crippen molar-refractivity contribution in [3.8, 4) is 0 Å². The van der Waals surface area contributed by atoms with Crippen molar-refractivity contribution in [2.24, 2.45) is 0 Å². The van der Waals surface area contributed by atoms with Crippen molar-refractivity contribution in [2.45, 2.75) is 51.3 Å². The molecule has 0 radical (unpaired) electrons. The van der Waals surface area contributed by atoms with Gasteiger partial charge in [-0.15, -0.1) is 11.8 Å². The van der Waals surface area contributed by atoms with Crippen molar-refractivity contribution in [3.05, 3.63) is 59.4 Å². The Labute approximate surface area is 175 Å². The fourth-order valence-electron chi connectivity index (χ4n) is 3.46. The van der Waals surface area contributed by atoms with Gasteiger partial charge in [-0.25, -0.2) is 4.39 Å². The standard InChI is InChI=1S/C23H27FN2O2S/c1-3-4-5-6-10-21(27)25-18-13-11-17(12-14-18)23-26(22(28)15-29-23)20-9-7-8-19(24)16(20)2/h7-9,11-14,23H,3-6,10,15H2,1-2H3,(H,25,27). The van der Waals surface area contributed by atoms with Crippen molar-refractivity contribution in [3.63, 3.8) is 0 Å². The predicted molar refractivity (Wildman–Crippen MR) is 118 cm³/mol. The van der Waals surface area contributed by atoms with Gasteiger partial charge >= 0.3 is 0 Å². The van der Waals surface area contributed by atoms with Gasteiger partial charge in [-0.1, -0.05) is 44.4 Å². The van der Waals surface area contributed by atoms with E-state index in [0.717, 1.165) is 36.9 Å². The maximum absolute atomic E-state index is 14.0. The van der Waals surface area contributed by atoms with Crippen molar-refractivity contribution in [1.82, 2.24) is 0 Å². The van der Waals surface area contributed by atoms with Gasteiger partial charge in [-0.3, -0.25) is 14.5 Å². The van der Waals surface area contributed by atoms with Crippen molar-refractivity contribution in [2.75, 3.05) is 16.0 Å². The Balaban J connectivity index is 1.69. The van der Waals surface area contributed by atoms with Crippen molar-refractivity contribution in [1.29, 1.82) is 0 Å². The van der Waals surface area contributed by atoms with Crippen molar-refractivity contribution < 1.29 is 14.0 Å². The first kappa shape index (κ1) is 21.4. The van der Waals surface area contributed by atoms with Crippen LogP contribution in [0, 0.1) is 12.7 Å². The Hall–Kier alpha value is -2.34. The van der Waals surface area contributed by atoms with E-state index in [2.05, 4.69) is 12.2 Å². The smallest absolute Gasteiger partial charge is 0.238 e. The summed E-state index contributed by atoms with van der Waals surface area (Å²) in [6.07, 6.45) is 4.81. The van der Waals surface area contributed by atoms with Gasteiger partial charge in [0.25, 0.3) is 0 Å². The largest absolute Gasteiger partial charge is 0.326 e. The molecule has 1 unspecified atom stereocenters. The number of benzene rings is 2. The molecule has 0 bridgehead atoms. The van der Waals surface area contributed by atoms with Crippen molar-refractivity contribution >= 4 is 35.0 Å². The normalized spacial score (nSPS) is 16.3. The molecule has 1 saturated heterocycles. The number of halogens is 1. The number of anilines is 2. The Morgan fingerprint density at radius 3 is 2.66 bits per heavy atom. The number of amides is 2. The van der Waals surface area contributed by atoms with Crippen LogP contribution in [0.4, 0.5) is 15.8 Å². The lowest BCUT2D eigenvalue weighted by Crippen LogP contribution is -2.28. The van der Waals surface area contributed by atoms with Gasteiger partial charge in [0.1, 0.15) is 11.2 Å². The summed E-state index contributed by atoms with van der Waals surface area (Å²) in [5.41, 5.74) is 2.78. The number of carbonyl (C=O) groups excluding carboxylic acids is 2. The highest BCUT2D eigenvalue weighted by Gasteiger charge is 2.35. The molecule has 0 aliphatic carbocycles. The number of nitrogens with zero attached hydrogens (tertiary/aromatic N) is 1. The molecule has 0 aromatic heterocycles. The zero-order chi connectivity index (χ0) is 20.8. The molecule has 2 amide bonds. The average Bonchev–Trinajstić information content (AvgIpc) is 3.09. The Morgan fingerprint density at radius 2 is 1.93 bits per heavy atom. The van der Waals surface area contributed by atoms with Crippen LogP contribution in [0.1, 0.15) is 55.5 Å². The topological polar surface area (TPSA) is 49.4 Å². The number of nitrogens with one attached hydrogen (secondary N) is 1. The molecule has 1 fully saturated rings. The van der Waals surface area contributed by atoms with E-state index < -0.39 is 0 Å². The molecule has 1 atom stereocenters. The third kappa shape index (κ3) is 5.18. The molecule has 3 rings (SSSR count). The first-order valence-corrected chi connectivity index (χ1v) is 11.1. The fraction of sp³-hybridized carbons (Fsp3) is 0.391. The summed E-state index contributed by atoms with van der Waals surface area (Å²) in [7, 11) is 0. The number of hydrogen-bond acceptors (Lipinski definition) is 3. The Bertz CT molecular complexity index is 870. The monoisotopic (exact) mass is 414 g/mol. The van der Waals surface area contributed by atoms with Crippen LogP contribution in [0.3, 0.4) is 0 Å². The van der Waals surface area contributed by atoms with Crippen LogP contribution in [0.15, 0.2) is 42.5 Å². The fourth-order valence-corrected chi connectivity index (χ4v) is 4.62. The SMILES string of the molecule is CCCCCCC(=O)Nc1ccc(C2SCC(=O)N2c2cccc(F)c2C)cc1. The highest BCUT2D eigenvalue weighted by molar-refractivity contribution is 8.00. The van der Waals surface area contributed by atoms with E-state index in [1.54, 1.807) is 24.0 Å². The maximum atomic E-state index is 14.0. The molecule has 2 aromatic rings. The summed E-state index contributed by atoms with van der Waals surface area (Å²) in [6, 6.07) is 12.4. The molecule has 0 spiro atoms. The van der Waals surface area contributed by atoms with Crippen LogP contribution in [0.2, 0.25) is 0 Å². The number of rotatable bonds is 8. The summed E-state index contributed by atoms with van der Waals surface area (Å²) in [5, 5.41) is 2.72. The second kappa shape index (κ2) is 9.92. The molecule has 1 N–H and O–H groups in total. The molecule has 29 heavy (non-hydrogen) atoms. The molecule has 2 aromatic carbocycles. The molecule has 1 heterocycles. The van der Waals surface area contributed by atoms with Crippen LogP contribution in [-0.2, 0) is 9.59 Å². The minimum absolute atomic E-state index is 0.0243. The van der Waals surface area contributed by atoms with Gasteiger partial charge in [-0.05, 0) is 43.2 Å². The van der Waals surface area contributed by atoms with Crippen LogP contribution in [0.5, 0.6) is 0 Å². The molecule has 1 aliphatic rings. The van der Waals surface area contributed by atoms with E-state index in [4.69, 9.17) is 0 Å². The van der Waals surface area contributed by atoms with Gasteiger partial charge in [-0.2, -0.15) is 0 Å². The van der Waals surface area contributed by atoms with Gasteiger partial charge in [0, 0.05) is 17.7 Å². The summed E-state index contributed by atoms with van der Waals surface area (Å²) >= 11 is 1.52. The quantitative estimate of drug-likeness (QED) is 0.554. The molecule has 154 valence electrons. The van der Waals surface area contributed by atoms with E-state index in [1.807, 2.05) is 24.3 Å². The lowest BCUT2D eigenvalue weighted by atomic mass is 10.1. The van der Waals surface area contributed by atoms with E-state index >= 15 is 0 Å². The molecule has 0 saturated carbocycles. The number of unbranched alkanes of at least 4 members (excludes halogenated alkanes) is 3. The number of hydrogen-bond donors (Lipinski definition) is 1. The molecule has 1 aliphatic heterocycles. The van der Waals surface area contributed by atoms with Gasteiger partial charge < -0.3 is 5.32 Å². The van der Waals surface area contributed by atoms with E-state index in [9.17, 15) is 14.0 Å². The predicted octanol–water partition coefficient (Wildman–Crippen LogP) is 5.82. The lowest BCUT2D eigenvalue weighted by Gasteiger charge is -2.26. The van der Waals surface area contributed by atoms with Crippen LogP contribution < -0.4 is 10.2 Å². The summed E-state index contributed by atoms with van der Waals surface area (Å²) < 4.78 is 14.0. The minimum Gasteiger partial charge on any atom is -0.326 e. The zero-order valence-electron chi connectivity index (χ0n) is 16.9. The van der Waals surface area contributed by atoms with E-state index in [0.29, 0.717) is 23.4 Å². The Morgan fingerprint density at radius 1 is 1.17 bits per heavy atom. The second-order valence-corrected chi connectivity index (χ2v) is 8.36. The van der Waals surface area contributed by atoms with Gasteiger partial charge in [0.05, 0.1) is 11.4 Å². The molecular weight excluding hydrogens is 387 g/mol. The summed E-state index contributed by atoms with van der Waals surface area (Å²) in [6.45, 7) is 3.84. The third-order valence-electron chi connectivity index (χ3n) is 5.10. The van der Waals surface area contributed by atoms with E-state index in [-0.39, 0.29) is 23.0 Å². The Kier molecular flexibility index (Phi) is 7.31. The number of thioether (sulfide) groups is 1. The van der Waals surface area contributed by atoms with Gasteiger partial charge in [0.15, 0.2) is 0 Å². The zero-order valence-corrected chi connectivity index (χ0v) is 17.7. The maximum Gasteiger partial charge on any atom is 0.238 e. The van der Waals surface area contributed by atoms with Crippen LogP contribution in [-0.4, -0.2) is 17.6 Å². The average molecular weight is 415 g/mol. The summed E-state index contributed by atoms with van der Waals surface area (Å²) in [5.74, 6) is 0.0361. The number of carbonyl (C=O) groups is 2. The minimum atomic E-state index is -0.317. The van der Waals surface area contributed by atoms with Crippen LogP contribution in [0.25, 0.3) is 0 Å². The molecular formula is C23H27FN2O2S. The first-order chi connectivity index (χ1) is 14.0. The first-order valence-electron chi connectivity index (χ1n) is 10.1. The van der Waals surface area contributed by atoms with Crippen LogP contribution >= 0.6 is 11.8 Å². The summed E-state index contributed by atoms with van der Waals surface area (Å²) in [4.78, 5) is 26.2. The second-order valence-electron chi connectivity index (χ2n) is 7.29.